The number of halogens is 3. The van der Waals surface area contributed by atoms with Gasteiger partial charge in [-0.15, -0.1) is 12.4 Å². The molecule has 0 heterocycles. The lowest BCUT2D eigenvalue weighted by Gasteiger charge is -2.14. The summed E-state index contributed by atoms with van der Waals surface area (Å²) in [5.41, 5.74) is 5.88. The van der Waals surface area contributed by atoms with Crippen LogP contribution in [-0.4, -0.2) is 31.5 Å². The summed E-state index contributed by atoms with van der Waals surface area (Å²) in [7, 11) is 0. The fourth-order valence-corrected chi connectivity index (χ4v) is 1.52. The van der Waals surface area contributed by atoms with Crippen LogP contribution in [0, 0.1) is 6.92 Å². The molecular weight excluding hydrogens is 302 g/mol. The fraction of sp³-hybridized carbons (Fsp3) is 0.500. The van der Waals surface area contributed by atoms with Gasteiger partial charge in [0.05, 0.1) is 19.7 Å². The summed E-state index contributed by atoms with van der Waals surface area (Å²) in [6.45, 7) is 0.799. The first-order chi connectivity index (χ1) is 9.44. The minimum Gasteiger partial charge on any atom is -0.493 e. The topological polar surface area (TPSA) is 64.3 Å². The van der Waals surface area contributed by atoms with Crippen molar-refractivity contribution in [1.29, 1.82) is 0 Å². The van der Waals surface area contributed by atoms with Crippen LogP contribution in [0.2, 0.25) is 0 Å². The predicted octanol–water partition coefficient (Wildman–Crippen LogP) is 2.29. The van der Waals surface area contributed by atoms with E-state index in [-0.39, 0.29) is 18.8 Å². The van der Waals surface area contributed by atoms with Crippen molar-refractivity contribution in [3.8, 4) is 5.75 Å². The number of hydrogen-bond donors (Lipinski definition) is 2. The summed E-state index contributed by atoms with van der Waals surface area (Å²) in [6.07, 6.45) is 0.612. The monoisotopic (exact) mass is 322 g/mol. The van der Waals surface area contributed by atoms with Gasteiger partial charge >= 0.3 is 0 Å². The van der Waals surface area contributed by atoms with Crippen molar-refractivity contribution < 1.29 is 18.3 Å². The van der Waals surface area contributed by atoms with E-state index in [1.54, 1.807) is 0 Å². The van der Waals surface area contributed by atoms with Gasteiger partial charge in [0.15, 0.2) is 0 Å². The molecule has 0 radical (unpaired) electrons. The highest BCUT2D eigenvalue weighted by atomic mass is 35.5. The minimum absolute atomic E-state index is 0. The minimum atomic E-state index is -3.05. The molecule has 0 atom stereocenters. The van der Waals surface area contributed by atoms with Gasteiger partial charge in [-0.3, -0.25) is 4.79 Å². The first-order valence-corrected chi connectivity index (χ1v) is 6.47. The van der Waals surface area contributed by atoms with Crippen LogP contribution in [0.25, 0.3) is 0 Å². The molecule has 0 spiro atoms. The molecule has 0 aliphatic carbocycles. The SMILES string of the molecule is Cc1ccccc1OCCCC(=O)NCC(F)(F)CN.Cl. The van der Waals surface area contributed by atoms with E-state index in [4.69, 9.17) is 10.5 Å². The maximum Gasteiger partial charge on any atom is 0.277 e. The third kappa shape index (κ3) is 7.82. The number of aryl methyl sites for hydroxylation is 1. The molecule has 0 aromatic heterocycles. The molecule has 1 aromatic carbocycles. The molecule has 0 aliphatic rings. The molecule has 4 nitrogen and oxygen atoms in total. The molecule has 1 aromatic rings. The highest BCUT2D eigenvalue weighted by molar-refractivity contribution is 5.85. The van der Waals surface area contributed by atoms with E-state index in [0.717, 1.165) is 11.3 Å². The Morgan fingerprint density at radius 1 is 1.38 bits per heavy atom. The third-order valence-electron chi connectivity index (χ3n) is 2.74. The van der Waals surface area contributed by atoms with Crippen molar-refractivity contribution >= 4 is 18.3 Å². The first kappa shape index (κ1) is 19.6. The van der Waals surface area contributed by atoms with Gasteiger partial charge in [-0.05, 0) is 25.0 Å². The molecule has 0 saturated carbocycles. The zero-order valence-electron chi connectivity index (χ0n) is 11.9. The molecule has 21 heavy (non-hydrogen) atoms. The zero-order valence-corrected chi connectivity index (χ0v) is 12.7. The van der Waals surface area contributed by atoms with E-state index in [9.17, 15) is 13.6 Å². The molecular formula is C14H21ClF2N2O2. The second kappa shape index (κ2) is 9.52. The van der Waals surface area contributed by atoms with Crippen molar-refractivity contribution in [2.45, 2.75) is 25.7 Å². The highest BCUT2D eigenvalue weighted by Crippen LogP contribution is 2.16. The van der Waals surface area contributed by atoms with Gasteiger partial charge in [-0.2, -0.15) is 0 Å². The number of hydrogen-bond acceptors (Lipinski definition) is 3. The Morgan fingerprint density at radius 3 is 2.67 bits per heavy atom. The van der Waals surface area contributed by atoms with Gasteiger partial charge in [-0.1, -0.05) is 18.2 Å². The van der Waals surface area contributed by atoms with E-state index in [1.807, 2.05) is 31.2 Å². The third-order valence-corrected chi connectivity index (χ3v) is 2.74. The molecule has 3 N–H and O–H groups in total. The largest absolute Gasteiger partial charge is 0.493 e. The van der Waals surface area contributed by atoms with Gasteiger partial charge in [0.2, 0.25) is 5.91 Å². The van der Waals surface area contributed by atoms with Crippen molar-refractivity contribution in [2.75, 3.05) is 19.7 Å². The Morgan fingerprint density at radius 2 is 2.05 bits per heavy atom. The Kier molecular flexibility index (Phi) is 8.89. The van der Waals surface area contributed by atoms with E-state index in [2.05, 4.69) is 5.32 Å². The lowest BCUT2D eigenvalue weighted by atomic mass is 10.2. The number of para-hydroxylation sites is 1. The number of alkyl halides is 2. The van der Waals surface area contributed by atoms with Gasteiger partial charge in [0, 0.05) is 6.42 Å². The van der Waals surface area contributed by atoms with Crippen molar-refractivity contribution in [1.82, 2.24) is 5.32 Å². The molecule has 0 unspecified atom stereocenters. The molecule has 1 amide bonds. The summed E-state index contributed by atoms with van der Waals surface area (Å²) < 4.78 is 31.1. The molecule has 120 valence electrons. The molecule has 1 rings (SSSR count). The summed E-state index contributed by atoms with van der Waals surface area (Å²) in [6, 6.07) is 7.55. The maximum atomic E-state index is 12.8. The smallest absolute Gasteiger partial charge is 0.277 e. The van der Waals surface area contributed by atoms with E-state index in [0.29, 0.717) is 13.0 Å². The summed E-state index contributed by atoms with van der Waals surface area (Å²) >= 11 is 0. The number of amides is 1. The Hall–Kier alpha value is -1.40. The number of carbonyl (C=O) groups excluding carboxylic acids is 1. The Bertz CT molecular complexity index is 445. The number of carbonyl (C=O) groups is 1. The standard InChI is InChI=1S/C14H20F2N2O2.ClH/c1-11-5-2-3-6-12(11)20-8-4-7-13(19)18-10-14(15,16)9-17;/h2-3,5-6H,4,7-10,17H2,1H3,(H,18,19);1H. The molecule has 0 fully saturated rings. The van der Waals surface area contributed by atoms with Crippen LogP contribution in [0.4, 0.5) is 8.78 Å². The van der Waals surface area contributed by atoms with Crippen LogP contribution < -0.4 is 15.8 Å². The van der Waals surface area contributed by atoms with Crippen LogP contribution in [0.5, 0.6) is 5.75 Å². The average Bonchev–Trinajstić information content (AvgIpc) is 2.43. The van der Waals surface area contributed by atoms with Gasteiger partial charge in [0.25, 0.3) is 5.92 Å². The van der Waals surface area contributed by atoms with Crippen LogP contribution in [0.15, 0.2) is 24.3 Å². The number of rotatable bonds is 8. The summed E-state index contributed by atoms with van der Waals surface area (Å²) in [5, 5.41) is 2.16. The van der Waals surface area contributed by atoms with Crippen LogP contribution in [0.1, 0.15) is 18.4 Å². The second-order valence-electron chi connectivity index (χ2n) is 4.55. The Balaban J connectivity index is 0.00000400. The lowest BCUT2D eigenvalue weighted by Crippen LogP contribution is -2.41. The molecule has 0 saturated heterocycles. The van der Waals surface area contributed by atoms with Crippen LogP contribution in [-0.2, 0) is 4.79 Å². The molecule has 0 bridgehead atoms. The van der Waals surface area contributed by atoms with E-state index < -0.39 is 24.9 Å². The van der Waals surface area contributed by atoms with Crippen LogP contribution in [0.3, 0.4) is 0 Å². The number of nitrogens with one attached hydrogen (secondary N) is 1. The quantitative estimate of drug-likeness (QED) is 0.722. The van der Waals surface area contributed by atoms with E-state index in [1.165, 1.54) is 0 Å². The fourth-order valence-electron chi connectivity index (χ4n) is 1.52. The number of benzene rings is 1. The first-order valence-electron chi connectivity index (χ1n) is 6.47. The second-order valence-corrected chi connectivity index (χ2v) is 4.55. The lowest BCUT2D eigenvalue weighted by molar-refractivity contribution is -0.123. The normalized spacial score (nSPS) is 10.7. The predicted molar refractivity (Wildman–Crippen MR) is 80.2 cm³/mol. The highest BCUT2D eigenvalue weighted by Gasteiger charge is 2.26. The molecule has 0 aliphatic heterocycles. The maximum absolute atomic E-state index is 12.8. The van der Waals surface area contributed by atoms with Gasteiger partial charge < -0.3 is 15.8 Å². The van der Waals surface area contributed by atoms with Crippen molar-refractivity contribution in [3.63, 3.8) is 0 Å². The van der Waals surface area contributed by atoms with Gasteiger partial charge in [0.1, 0.15) is 5.75 Å². The van der Waals surface area contributed by atoms with Gasteiger partial charge in [-0.25, -0.2) is 8.78 Å². The summed E-state index contributed by atoms with van der Waals surface area (Å²) in [4.78, 5) is 11.3. The number of nitrogens with two attached hydrogens (primary N) is 1. The van der Waals surface area contributed by atoms with Crippen molar-refractivity contribution in [3.05, 3.63) is 29.8 Å². The summed E-state index contributed by atoms with van der Waals surface area (Å²) in [5.74, 6) is -2.71. The number of ether oxygens (including phenoxy) is 1. The zero-order chi connectivity index (χ0) is 15.0. The Labute approximate surface area is 129 Å². The molecule has 7 heteroatoms. The van der Waals surface area contributed by atoms with Crippen molar-refractivity contribution in [2.24, 2.45) is 5.73 Å². The van der Waals surface area contributed by atoms with E-state index >= 15 is 0 Å². The van der Waals surface area contributed by atoms with Crippen LogP contribution >= 0.6 is 12.4 Å². The average molecular weight is 323 g/mol.